The monoisotopic (exact) mass is 571 g/mol. The molecule has 5 aromatic rings. The third-order valence-corrected chi connectivity index (χ3v) is 9.05. The number of benzene rings is 4. The van der Waals surface area contributed by atoms with Gasteiger partial charge in [-0.1, -0.05) is 54.1 Å². The molecule has 4 aromatic carbocycles. The number of aromatic nitrogens is 1. The zero-order valence-corrected chi connectivity index (χ0v) is 23.8. The van der Waals surface area contributed by atoms with E-state index < -0.39 is 16.1 Å². The standard InChI is InChI=1S/C32H33N3O5S/c1-23-11-17-27(18-12-23)41(39,40)35(25-15-13-24(14-16-25)32(38)33(2)19-20-36)22-26(37)21-34-30-9-5-3-7-28(30)29-8-4-6-10-31(29)34/h3-18,26,36-37H,19-22H2,1-2H3/t26-/m0/s1. The van der Waals surface area contributed by atoms with Gasteiger partial charge >= 0.3 is 0 Å². The maximum Gasteiger partial charge on any atom is 0.264 e. The molecule has 0 aliphatic rings. The van der Waals surface area contributed by atoms with E-state index in [1.165, 1.54) is 9.21 Å². The minimum Gasteiger partial charge on any atom is -0.395 e. The van der Waals surface area contributed by atoms with Crippen molar-refractivity contribution >= 4 is 43.4 Å². The molecule has 0 unspecified atom stereocenters. The van der Waals surface area contributed by atoms with Crippen LogP contribution in [0.25, 0.3) is 21.8 Å². The van der Waals surface area contributed by atoms with Crippen LogP contribution in [-0.4, -0.2) is 66.9 Å². The number of aliphatic hydroxyl groups is 2. The number of likely N-dealkylation sites (N-methyl/N-ethyl adjacent to an activating group) is 1. The number of hydrogen-bond acceptors (Lipinski definition) is 5. The Hall–Kier alpha value is -4.18. The van der Waals surface area contributed by atoms with Crippen LogP contribution in [0.1, 0.15) is 15.9 Å². The third-order valence-electron chi connectivity index (χ3n) is 7.24. The number of hydrogen-bond donors (Lipinski definition) is 2. The van der Waals surface area contributed by atoms with E-state index >= 15 is 0 Å². The van der Waals surface area contributed by atoms with E-state index in [0.29, 0.717) is 11.3 Å². The van der Waals surface area contributed by atoms with Crippen molar-refractivity contribution in [2.24, 2.45) is 0 Å². The number of rotatable bonds is 10. The first-order chi connectivity index (χ1) is 19.7. The van der Waals surface area contributed by atoms with Gasteiger partial charge in [-0.3, -0.25) is 9.10 Å². The lowest BCUT2D eigenvalue weighted by Crippen LogP contribution is -2.39. The van der Waals surface area contributed by atoms with Crippen LogP contribution in [0.5, 0.6) is 0 Å². The Balaban J connectivity index is 1.50. The number of nitrogens with zero attached hydrogens (tertiary/aromatic N) is 3. The molecule has 0 radical (unpaired) electrons. The molecule has 0 aliphatic heterocycles. The van der Waals surface area contributed by atoms with E-state index in [1.807, 2.05) is 60.0 Å². The molecule has 1 amide bonds. The Morgan fingerprint density at radius 1 is 0.854 bits per heavy atom. The second kappa shape index (κ2) is 11.7. The quantitative estimate of drug-likeness (QED) is 0.258. The van der Waals surface area contributed by atoms with E-state index in [0.717, 1.165) is 27.4 Å². The van der Waals surface area contributed by atoms with Gasteiger partial charge in [0.05, 0.1) is 36.4 Å². The summed E-state index contributed by atoms with van der Waals surface area (Å²) in [5, 5.41) is 22.7. The lowest BCUT2D eigenvalue weighted by atomic mass is 10.2. The molecule has 5 rings (SSSR count). The second-order valence-corrected chi connectivity index (χ2v) is 12.0. The molecular formula is C32H33N3O5S. The van der Waals surface area contributed by atoms with Gasteiger partial charge in [-0.2, -0.15) is 0 Å². The van der Waals surface area contributed by atoms with Gasteiger partial charge in [0.2, 0.25) is 0 Å². The molecule has 41 heavy (non-hydrogen) atoms. The van der Waals surface area contributed by atoms with E-state index in [9.17, 15) is 18.3 Å². The number of carbonyl (C=O) groups excluding carboxylic acids is 1. The minimum absolute atomic E-state index is 0.106. The van der Waals surface area contributed by atoms with Gasteiger partial charge in [0.25, 0.3) is 15.9 Å². The molecule has 8 nitrogen and oxygen atoms in total. The van der Waals surface area contributed by atoms with Crippen molar-refractivity contribution in [2.45, 2.75) is 24.5 Å². The fraction of sp³-hybridized carbons (Fsp3) is 0.219. The number of aliphatic hydroxyl groups excluding tert-OH is 2. The highest BCUT2D eigenvalue weighted by Crippen LogP contribution is 2.30. The van der Waals surface area contributed by atoms with Gasteiger partial charge in [0.15, 0.2) is 0 Å². The molecule has 0 bridgehead atoms. The second-order valence-electron chi connectivity index (χ2n) is 10.1. The summed E-state index contributed by atoms with van der Waals surface area (Å²) in [6.07, 6.45) is -1.05. The average molecular weight is 572 g/mol. The summed E-state index contributed by atoms with van der Waals surface area (Å²) >= 11 is 0. The van der Waals surface area contributed by atoms with Crippen LogP contribution in [0.3, 0.4) is 0 Å². The predicted molar refractivity (Wildman–Crippen MR) is 162 cm³/mol. The largest absolute Gasteiger partial charge is 0.395 e. The molecule has 1 aromatic heterocycles. The van der Waals surface area contributed by atoms with Crippen LogP contribution in [0.2, 0.25) is 0 Å². The summed E-state index contributed by atoms with van der Waals surface area (Å²) in [5.74, 6) is -0.287. The van der Waals surface area contributed by atoms with Crippen molar-refractivity contribution in [1.29, 1.82) is 0 Å². The predicted octanol–water partition coefficient (Wildman–Crippen LogP) is 4.42. The smallest absolute Gasteiger partial charge is 0.264 e. The lowest BCUT2D eigenvalue weighted by Gasteiger charge is -2.28. The summed E-state index contributed by atoms with van der Waals surface area (Å²) in [6, 6.07) is 28.7. The van der Waals surface area contributed by atoms with Gasteiger partial charge in [0, 0.05) is 41.0 Å². The van der Waals surface area contributed by atoms with Crippen molar-refractivity contribution < 1.29 is 23.4 Å². The number of para-hydroxylation sites is 2. The third kappa shape index (κ3) is 5.69. The fourth-order valence-electron chi connectivity index (χ4n) is 5.08. The number of carbonyl (C=O) groups is 1. The molecule has 9 heteroatoms. The number of sulfonamides is 1. The Kier molecular flexibility index (Phi) is 8.12. The van der Waals surface area contributed by atoms with Gasteiger partial charge in [0.1, 0.15) is 0 Å². The molecule has 0 fully saturated rings. The molecule has 0 saturated heterocycles. The Labute approximate surface area is 239 Å². The fourth-order valence-corrected chi connectivity index (χ4v) is 6.58. The minimum atomic E-state index is -4.05. The summed E-state index contributed by atoms with van der Waals surface area (Å²) < 4.78 is 31.1. The van der Waals surface area contributed by atoms with Crippen LogP contribution >= 0.6 is 0 Å². The van der Waals surface area contributed by atoms with Crippen molar-refractivity contribution in [3.05, 3.63) is 108 Å². The summed E-state index contributed by atoms with van der Waals surface area (Å²) in [7, 11) is -2.46. The molecule has 212 valence electrons. The highest BCUT2D eigenvalue weighted by Gasteiger charge is 2.28. The molecule has 1 heterocycles. The van der Waals surface area contributed by atoms with Crippen molar-refractivity contribution in [1.82, 2.24) is 9.47 Å². The lowest BCUT2D eigenvalue weighted by molar-refractivity contribution is 0.0767. The normalized spacial score (nSPS) is 12.5. The summed E-state index contributed by atoms with van der Waals surface area (Å²) in [5.41, 5.74) is 3.53. The zero-order chi connectivity index (χ0) is 29.1. The van der Waals surface area contributed by atoms with E-state index in [-0.39, 0.29) is 37.0 Å². The average Bonchev–Trinajstić information content (AvgIpc) is 3.29. The van der Waals surface area contributed by atoms with Gasteiger partial charge in [-0.05, 0) is 55.5 Å². The van der Waals surface area contributed by atoms with Crippen LogP contribution in [0.15, 0.2) is 102 Å². The first kappa shape index (κ1) is 28.4. The van der Waals surface area contributed by atoms with Crippen LogP contribution in [0.4, 0.5) is 5.69 Å². The Morgan fingerprint density at radius 3 is 1.98 bits per heavy atom. The number of amides is 1. The highest BCUT2D eigenvalue weighted by molar-refractivity contribution is 7.92. The first-order valence-electron chi connectivity index (χ1n) is 13.4. The van der Waals surface area contributed by atoms with Crippen molar-refractivity contribution in [3.8, 4) is 0 Å². The summed E-state index contributed by atoms with van der Waals surface area (Å²) in [6.45, 7) is 1.88. The van der Waals surface area contributed by atoms with Crippen molar-refractivity contribution in [2.75, 3.05) is 31.0 Å². The molecule has 0 saturated carbocycles. The van der Waals surface area contributed by atoms with E-state index in [4.69, 9.17) is 5.11 Å². The topological polar surface area (TPSA) is 103 Å². The molecule has 1 atom stereocenters. The Morgan fingerprint density at radius 2 is 1.41 bits per heavy atom. The van der Waals surface area contributed by atoms with Gasteiger partial charge in [-0.25, -0.2) is 8.42 Å². The van der Waals surface area contributed by atoms with Gasteiger partial charge < -0.3 is 19.7 Å². The first-order valence-corrected chi connectivity index (χ1v) is 14.8. The van der Waals surface area contributed by atoms with E-state index in [1.54, 1.807) is 55.6 Å². The van der Waals surface area contributed by atoms with Crippen LogP contribution in [-0.2, 0) is 16.6 Å². The molecule has 0 spiro atoms. The highest BCUT2D eigenvalue weighted by atomic mass is 32.2. The molecular weight excluding hydrogens is 538 g/mol. The number of anilines is 1. The number of fused-ring (bicyclic) bond motifs is 3. The van der Waals surface area contributed by atoms with Crippen molar-refractivity contribution in [3.63, 3.8) is 0 Å². The zero-order valence-electron chi connectivity index (χ0n) is 23.0. The summed E-state index contributed by atoms with van der Waals surface area (Å²) in [4.78, 5) is 14.2. The maximum atomic E-state index is 13.9. The maximum absolute atomic E-state index is 13.9. The van der Waals surface area contributed by atoms with Gasteiger partial charge in [-0.15, -0.1) is 0 Å². The van der Waals surface area contributed by atoms with E-state index in [2.05, 4.69) is 0 Å². The Bertz CT molecular complexity index is 1730. The molecule has 0 aliphatic carbocycles. The molecule has 2 N–H and O–H groups in total. The SMILES string of the molecule is Cc1ccc(S(=O)(=O)N(C[C@@H](O)Cn2c3ccccc3c3ccccc32)c2ccc(C(=O)N(C)CCO)cc2)cc1. The van der Waals surface area contributed by atoms with Crippen LogP contribution < -0.4 is 4.31 Å². The van der Waals surface area contributed by atoms with Crippen LogP contribution in [0, 0.1) is 6.92 Å². The number of aryl methyl sites for hydroxylation is 1.